The minimum absolute atomic E-state index is 0.0146. The Hall–Kier alpha value is -13.3. The van der Waals surface area contributed by atoms with E-state index in [4.69, 9.17) is 51.6 Å². The Morgan fingerprint density at radius 3 is 1.09 bits per heavy atom. The van der Waals surface area contributed by atoms with Crippen molar-refractivity contribution >= 4 is 110 Å². The average Bonchev–Trinajstić information content (AvgIpc) is 1.71. The topological polar surface area (TPSA) is 721 Å². The first-order chi connectivity index (χ1) is 49.1. The van der Waals surface area contributed by atoms with Crippen LogP contribution in [0.2, 0.25) is 0 Å². The highest BCUT2D eigenvalue weighted by atomic mass is 16.2. The normalized spacial score (nSPS) is 13.5. The molecule has 0 saturated heterocycles. The maximum Gasteiger partial charge on any atom is 0.349 e. The van der Waals surface area contributed by atoms with Crippen LogP contribution in [0.5, 0.6) is 0 Å². The Labute approximate surface area is 576 Å². The number of primary amides is 1. The first-order valence-electron chi connectivity index (χ1n) is 31.8. The third-order valence-corrected chi connectivity index (χ3v) is 16.1. The molecule has 0 aliphatic rings. The van der Waals surface area contributed by atoms with Gasteiger partial charge in [-0.05, 0) is 82.5 Å². The van der Waals surface area contributed by atoms with Gasteiger partial charge in [0.25, 0.3) is 16.7 Å². The number of hydrogen-bond acceptors (Lipinski definition) is 30. The fraction of sp³-hybridized carbons (Fsp3) is 0.404. The molecule has 0 aliphatic heterocycles. The zero-order valence-electron chi connectivity index (χ0n) is 54.8. The van der Waals surface area contributed by atoms with Crippen LogP contribution in [0.1, 0.15) is 57.8 Å². The summed E-state index contributed by atoms with van der Waals surface area (Å²) < 4.78 is 7.09. The number of imidazole rings is 3. The summed E-state index contributed by atoms with van der Waals surface area (Å²) in [5.41, 5.74) is 47.6. The second kappa shape index (κ2) is 33.0. The molecule has 9 aromatic heterocycles. The van der Waals surface area contributed by atoms with Gasteiger partial charge in [0.15, 0.2) is 33.5 Å². The number of anilines is 6. The van der Waals surface area contributed by atoms with Crippen LogP contribution >= 0.6 is 0 Å². The number of fused-ring (bicyclic) bond motifs is 3. The van der Waals surface area contributed by atoms with Gasteiger partial charge in [0, 0.05) is 44.8 Å². The third kappa shape index (κ3) is 18.9. The number of unbranched alkanes of at least 4 members (excludes halogenated alkanes) is 1. The monoisotopic (exact) mass is 1430 g/mol. The number of carbonyl (C=O) groups excluding carboxylic acids is 7. The highest BCUT2D eigenvalue weighted by Gasteiger charge is 2.35. The molecule has 27 N–H and O–H groups in total. The van der Waals surface area contributed by atoms with Gasteiger partial charge in [-0.2, -0.15) is 29.9 Å². The van der Waals surface area contributed by atoms with Crippen LogP contribution in [-0.2, 0) is 72.8 Å². The lowest BCUT2D eigenvalue weighted by atomic mass is 10.1. The zero-order valence-corrected chi connectivity index (χ0v) is 54.8. The van der Waals surface area contributed by atoms with Crippen LogP contribution in [0.25, 0.3) is 33.5 Å². The van der Waals surface area contributed by atoms with E-state index in [0.717, 1.165) is 21.5 Å². The molecule has 9 rings (SSSR count). The molecule has 46 nitrogen and oxygen atoms in total. The first-order valence-corrected chi connectivity index (χ1v) is 31.8. The second-order valence-corrected chi connectivity index (χ2v) is 23.6. The summed E-state index contributed by atoms with van der Waals surface area (Å²) >= 11 is 0. The van der Waals surface area contributed by atoms with Crippen LogP contribution in [0.3, 0.4) is 0 Å². The van der Waals surface area contributed by atoms with Gasteiger partial charge in [-0.25, -0.2) is 29.3 Å². The molecule has 0 aromatic carbocycles. The lowest BCUT2D eigenvalue weighted by Gasteiger charge is -2.28. The molecule has 9 heterocycles. The number of nitrogens with zero attached hydrogens (tertiary/aromatic N) is 15. The van der Waals surface area contributed by atoms with Crippen molar-refractivity contribution in [2.24, 2.45) is 17.2 Å². The molecule has 0 saturated carbocycles. The van der Waals surface area contributed by atoms with E-state index >= 15 is 19.2 Å². The predicted molar refractivity (Wildman–Crippen MR) is 366 cm³/mol. The number of nitrogen functional groups attached to an aromatic ring is 6. The SMILES string of the molecule is NCCCC[C@@H](NC(=O)[C@@H](CCCn1ccc(N)nc1=O)NC(=O)[C@@H](Cn1ccc(N)nc1=O)NC(=O)[C@@H](CCCn1cnc2c(=O)[nH]c(N)nc21)NC(=O)[C@@H](Cn1ccc(N)nc1=O)NC(=O)[C@@H](CCCn1cnc2c(=O)[nH]c(N)nc21)NC(=O)[C@H](N)Cn1cnc2c(=O)[nH]c(N)nc21)C(N)=O. The van der Waals surface area contributed by atoms with E-state index in [1.54, 1.807) is 0 Å². The fourth-order valence-corrected chi connectivity index (χ4v) is 10.8. The number of nitrogens with two attached hydrogens (primary N) is 9. The summed E-state index contributed by atoms with van der Waals surface area (Å²) in [5.74, 6) is -8.75. The van der Waals surface area contributed by atoms with Crippen molar-refractivity contribution in [1.29, 1.82) is 0 Å². The lowest BCUT2D eigenvalue weighted by Crippen LogP contribution is -2.61. The number of carbonyl (C=O) groups is 7. The number of aryl methyl sites for hydroxylation is 3. The van der Waals surface area contributed by atoms with E-state index in [-0.39, 0.29) is 140 Å². The molecule has 0 spiro atoms. The molecule has 9 aromatic rings. The minimum Gasteiger partial charge on any atom is -0.383 e. The van der Waals surface area contributed by atoms with Gasteiger partial charge in [0.1, 0.15) is 59.7 Å². The molecule has 7 amide bonds. The smallest absolute Gasteiger partial charge is 0.349 e. The van der Waals surface area contributed by atoms with Gasteiger partial charge in [-0.1, -0.05) is 0 Å². The standard InChI is InChI=1S/C57H75N33O13/c58-13-2-1-6-27(39(63)91)70-44(93)29(7-3-14-85-17-10-33(60)76-55(85)101)72-47(96)32(22-87-19-12-35(62)78-57(87)103)75-46(95)30(9-5-16-89-24-68-37-41(89)80-53(65)83-50(37)99)73-48(97)31(21-86-18-11-34(61)77-56(86)102)74-45(94)28(8-4-15-88-23-67-36-40(88)79-52(64)82-49(36)98)71-43(92)26(59)20-90-25-69-38-42(90)81-54(66)84-51(38)100/h10-12,17-19,23-32H,1-9,13-16,20-22,58-59H2,(H2,63,91)(H,70,93)(H,71,92)(H,72,96)(H,73,97)(H,74,94)(H,75,95)(H2,60,76,101)(H2,61,77,102)(H2,62,78,103)(H3,64,79,82,98)(H3,65,80,83,99)(H3,66,81,84,100)/t26-,27-,28-,29-,30-,31-,32-/m1/s1. The van der Waals surface area contributed by atoms with E-state index in [0.29, 0.717) is 12.8 Å². The lowest BCUT2D eigenvalue weighted by molar-refractivity contribution is -0.136. The highest BCUT2D eigenvalue weighted by Crippen LogP contribution is 2.15. The van der Waals surface area contributed by atoms with Gasteiger partial charge in [-0.15, -0.1) is 0 Å². The van der Waals surface area contributed by atoms with Gasteiger partial charge < -0.3 is 97.2 Å². The summed E-state index contributed by atoms with van der Waals surface area (Å²) in [6.45, 7) is -1.84. The summed E-state index contributed by atoms with van der Waals surface area (Å²) in [7, 11) is 0. The number of aromatic nitrogens is 18. The third-order valence-electron chi connectivity index (χ3n) is 16.1. The van der Waals surface area contributed by atoms with Crippen LogP contribution in [-0.4, -0.2) is 177 Å². The molecule has 0 aliphatic carbocycles. The number of aromatic amines is 3. The zero-order chi connectivity index (χ0) is 74.3. The van der Waals surface area contributed by atoms with E-state index in [9.17, 15) is 43.2 Å². The Balaban J connectivity index is 1.05. The molecule has 0 unspecified atom stereocenters. The van der Waals surface area contributed by atoms with E-state index < -0.39 is 137 Å². The molecule has 46 heteroatoms. The Kier molecular flexibility index (Phi) is 23.7. The number of rotatable bonds is 35. The summed E-state index contributed by atoms with van der Waals surface area (Å²) in [6.07, 6.45) is 7.17. The quantitative estimate of drug-likeness (QED) is 0.0164. The van der Waals surface area contributed by atoms with E-state index in [2.05, 4.69) is 91.7 Å². The van der Waals surface area contributed by atoms with Crippen molar-refractivity contribution in [2.45, 2.75) is 139 Å². The fourth-order valence-electron chi connectivity index (χ4n) is 10.8. The minimum atomic E-state index is -1.92. The average molecular weight is 1430 g/mol. The molecule has 0 fully saturated rings. The van der Waals surface area contributed by atoms with Crippen LogP contribution in [0, 0.1) is 0 Å². The molecule has 546 valence electrons. The maximum atomic E-state index is 15.3. The van der Waals surface area contributed by atoms with Gasteiger partial charge in [0.2, 0.25) is 59.2 Å². The molecule has 103 heavy (non-hydrogen) atoms. The van der Waals surface area contributed by atoms with Gasteiger partial charge >= 0.3 is 17.1 Å². The number of nitrogens with one attached hydrogen (secondary N) is 9. The largest absolute Gasteiger partial charge is 0.383 e. The van der Waals surface area contributed by atoms with Crippen molar-refractivity contribution < 1.29 is 33.6 Å². The Morgan fingerprint density at radius 2 is 0.709 bits per heavy atom. The highest BCUT2D eigenvalue weighted by molar-refractivity contribution is 5.97. The van der Waals surface area contributed by atoms with Gasteiger partial charge in [0.05, 0.1) is 32.1 Å². The molecular weight excluding hydrogens is 1350 g/mol. The van der Waals surface area contributed by atoms with Crippen molar-refractivity contribution in [1.82, 2.24) is 119 Å². The van der Waals surface area contributed by atoms with Crippen molar-refractivity contribution in [3.05, 3.63) is 118 Å². The van der Waals surface area contributed by atoms with Crippen molar-refractivity contribution in [3.63, 3.8) is 0 Å². The summed E-state index contributed by atoms with van der Waals surface area (Å²) in [6, 6.07) is -7.84. The first kappa shape index (κ1) is 73.9. The number of hydrogen-bond donors (Lipinski definition) is 18. The number of amides is 7. The second-order valence-electron chi connectivity index (χ2n) is 23.6. The van der Waals surface area contributed by atoms with E-state index in [1.807, 2.05) is 0 Å². The molecule has 7 atom stereocenters. The van der Waals surface area contributed by atoms with Crippen LogP contribution < -0.4 is 117 Å². The Bertz CT molecular complexity index is 5030. The van der Waals surface area contributed by atoms with Crippen LogP contribution in [0.4, 0.5) is 35.3 Å². The Morgan fingerprint density at radius 1 is 0.388 bits per heavy atom. The summed E-state index contributed by atoms with van der Waals surface area (Å²) in [4.78, 5) is 223. The van der Waals surface area contributed by atoms with Gasteiger partial charge in [-0.3, -0.25) is 76.6 Å². The molecular formula is C57H75N33O13. The van der Waals surface area contributed by atoms with Crippen molar-refractivity contribution in [2.75, 3.05) is 40.9 Å². The molecule has 0 bridgehead atoms. The summed E-state index contributed by atoms with van der Waals surface area (Å²) in [5, 5.41) is 15.4. The maximum absolute atomic E-state index is 15.3. The van der Waals surface area contributed by atoms with Crippen LogP contribution in [0.15, 0.2) is 84.5 Å². The van der Waals surface area contributed by atoms with E-state index in [1.165, 1.54) is 61.6 Å². The predicted octanol–water partition coefficient (Wildman–Crippen LogP) is -9.16. The van der Waals surface area contributed by atoms with Crippen molar-refractivity contribution in [3.8, 4) is 0 Å². The number of H-pyrrole nitrogens is 3. The molecule has 0 radical (unpaired) electrons.